The van der Waals surface area contributed by atoms with Crippen molar-refractivity contribution in [3.05, 3.63) is 35.9 Å². The fraction of sp³-hybridized carbons (Fsp3) is 0.500. The SMILES string of the molecule is CSCCc1nc(C2CN(C)c3ccccc3O2)n(CC(F)(F)F)n1. The average molecular weight is 372 g/mol. The summed E-state index contributed by atoms with van der Waals surface area (Å²) in [5, 5.41) is 4.06. The summed E-state index contributed by atoms with van der Waals surface area (Å²) in [5.74, 6) is 2.02. The molecule has 2 aromatic rings. The third-order valence-electron chi connectivity index (χ3n) is 3.88. The first-order valence-electron chi connectivity index (χ1n) is 7.83. The summed E-state index contributed by atoms with van der Waals surface area (Å²) in [4.78, 5) is 6.31. The zero-order valence-corrected chi connectivity index (χ0v) is 14.8. The third-order valence-corrected chi connectivity index (χ3v) is 4.49. The molecule has 1 aromatic heterocycles. The number of halogens is 3. The van der Waals surface area contributed by atoms with E-state index in [-0.39, 0.29) is 5.82 Å². The summed E-state index contributed by atoms with van der Waals surface area (Å²) in [5.41, 5.74) is 0.906. The monoisotopic (exact) mass is 372 g/mol. The molecule has 0 bridgehead atoms. The van der Waals surface area contributed by atoms with Crippen LogP contribution < -0.4 is 9.64 Å². The van der Waals surface area contributed by atoms with Crippen LogP contribution in [0.5, 0.6) is 5.75 Å². The molecule has 0 aliphatic carbocycles. The third kappa shape index (κ3) is 4.20. The van der Waals surface area contributed by atoms with Gasteiger partial charge in [0.1, 0.15) is 12.3 Å². The maximum atomic E-state index is 12.9. The van der Waals surface area contributed by atoms with Gasteiger partial charge in [-0.25, -0.2) is 9.67 Å². The number of aromatic nitrogens is 3. The van der Waals surface area contributed by atoms with Crippen molar-refractivity contribution in [3.8, 4) is 5.75 Å². The Morgan fingerprint density at radius 3 is 2.80 bits per heavy atom. The number of aryl methyl sites for hydroxylation is 1. The second kappa shape index (κ2) is 7.15. The van der Waals surface area contributed by atoms with Gasteiger partial charge in [0.15, 0.2) is 17.8 Å². The lowest BCUT2D eigenvalue weighted by Gasteiger charge is -2.33. The molecule has 0 saturated heterocycles. The molecule has 0 N–H and O–H groups in total. The molecule has 0 fully saturated rings. The second-order valence-electron chi connectivity index (χ2n) is 5.86. The second-order valence-corrected chi connectivity index (χ2v) is 6.84. The molecular weight excluding hydrogens is 353 g/mol. The highest BCUT2D eigenvalue weighted by atomic mass is 32.2. The molecule has 136 valence electrons. The van der Waals surface area contributed by atoms with Crippen molar-refractivity contribution in [2.24, 2.45) is 0 Å². The van der Waals surface area contributed by atoms with Crippen molar-refractivity contribution >= 4 is 17.4 Å². The summed E-state index contributed by atoms with van der Waals surface area (Å²) in [6, 6.07) is 7.44. The number of anilines is 1. The van der Waals surface area contributed by atoms with E-state index in [1.54, 1.807) is 17.8 Å². The predicted octanol–water partition coefficient (Wildman–Crippen LogP) is 3.32. The highest BCUT2D eigenvalue weighted by molar-refractivity contribution is 7.98. The molecule has 3 rings (SSSR count). The number of benzene rings is 1. The fourth-order valence-corrected chi connectivity index (χ4v) is 3.16. The number of likely N-dealkylation sites (N-methyl/N-ethyl adjacent to an activating group) is 1. The van der Waals surface area contributed by atoms with Crippen LogP contribution in [-0.4, -0.2) is 46.5 Å². The number of nitrogens with zero attached hydrogens (tertiary/aromatic N) is 4. The minimum atomic E-state index is -4.36. The lowest BCUT2D eigenvalue weighted by molar-refractivity contribution is -0.143. The Hall–Kier alpha value is -1.90. The molecular formula is C16H19F3N4OS. The van der Waals surface area contributed by atoms with Gasteiger partial charge in [0.05, 0.1) is 12.2 Å². The van der Waals surface area contributed by atoms with E-state index in [1.807, 2.05) is 36.4 Å². The molecule has 1 unspecified atom stereocenters. The normalized spacial score (nSPS) is 17.3. The summed E-state index contributed by atoms with van der Waals surface area (Å²) < 4.78 is 45.6. The van der Waals surface area contributed by atoms with Gasteiger partial charge in [-0.3, -0.25) is 0 Å². The average Bonchev–Trinajstić information content (AvgIpc) is 2.93. The summed E-state index contributed by atoms with van der Waals surface area (Å²) >= 11 is 1.60. The Bertz CT molecular complexity index is 734. The van der Waals surface area contributed by atoms with Gasteiger partial charge in [-0.05, 0) is 18.4 Å². The van der Waals surface area contributed by atoms with Gasteiger partial charge < -0.3 is 9.64 Å². The Labute approximate surface area is 148 Å². The van der Waals surface area contributed by atoms with Crippen molar-refractivity contribution < 1.29 is 17.9 Å². The van der Waals surface area contributed by atoms with Crippen molar-refractivity contribution in [3.63, 3.8) is 0 Å². The first-order chi connectivity index (χ1) is 11.9. The van der Waals surface area contributed by atoms with E-state index in [9.17, 15) is 13.2 Å². The molecule has 5 nitrogen and oxygen atoms in total. The molecule has 0 saturated carbocycles. The number of rotatable bonds is 5. The van der Waals surface area contributed by atoms with Gasteiger partial charge in [-0.1, -0.05) is 12.1 Å². The number of hydrogen-bond acceptors (Lipinski definition) is 5. The van der Waals surface area contributed by atoms with E-state index in [4.69, 9.17) is 4.74 Å². The Morgan fingerprint density at radius 1 is 1.32 bits per heavy atom. The summed E-state index contributed by atoms with van der Waals surface area (Å²) in [6.45, 7) is -0.755. The van der Waals surface area contributed by atoms with Crippen molar-refractivity contribution in [2.75, 3.05) is 30.5 Å². The number of alkyl halides is 3. The first kappa shape index (κ1) is 17.9. The van der Waals surface area contributed by atoms with E-state index in [2.05, 4.69) is 10.1 Å². The quantitative estimate of drug-likeness (QED) is 0.806. The Kier molecular flexibility index (Phi) is 5.12. The van der Waals surface area contributed by atoms with Crippen molar-refractivity contribution in [1.82, 2.24) is 14.8 Å². The van der Waals surface area contributed by atoms with Gasteiger partial charge in [0.2, 0.25) is 0 Å². The van der Waals surface area contributed by atoms with E-state index in [0.717, 1.165) is 16.1 Å². The zero-order chi connectivity index (χ0) is 18.0. The molecule has 1 atom stereocenters. The smallest absolute Gasteiger partial charge is 0.408 e. The summed E-state index contributed by atoms with van der Waals surface area (Å²) in [7, 11) is 1.88. The lowest BCUT2D eigenvalue weighted by atomic mass is 10.2. The molecule has 9 heteroatoms. The van der Waals surface area contributed by atoms with Gasteiger partial charge in [0.25, 0.3) is 0 Å². The molecule has 25 heavy (non-hydrogen) atoms. The molecule has 2 heterocycles. The van der Waals surface area contributed by atoms with Crippen LogP contribution in [0.25, 0.3) is 0 Å². The van der Waals surface area contributed by atoms with Crippen LogP contribution in [0.15, 0.2) is 24.3 Å². The molecule has 0 radical (unpaired) electrons. The molecule has 0 spiro atoms. The molecule has 0 amide bonds. The number of hydrogen-bond donors (Lipinski definition) is 0. The van der Waals surface area contributed by atoms with Crippen LogP contribution in [-0.2, 0) is 13.0 Å². The van der Waals surface area contributed by atoms with Crippen LogP contribution in [0.4, 0.5) is 18.9 Å². The highest BCUT2D eigenvalue weighted by Crippen LogP contribution is 2.36. The maximum Gasteiger partial charge on any atom is 0.408 e. The predicted molar refractivity (Wildman–Crippen MR) is 91.2 cm³/mol. The van der Waals surface area contributed by atoms with Crippen LogP contribution in [0.1, 0.15) is 17.8 Å². The molecule has 1 aliphatic heterocycles. The Morgan fingerprint density at radius 2 is 2.08 bits per heavy atom. The highest BCUT2D eigenvalue weighted by Gasteiger charge is 2.34. The largest absolute Gasteiger partial charge is 0.478 e. The van der Waals surface area contributed by atoms with E-state index >= 15 is 0 Å². The van der Waals surface area contributed by atoms with Crippen LogP contribution in [0, 0.1) is 0 Å². The van der Waals surface area contributed by atoms with Gasteiger partial charge in [-0.15, -0.1) is 0 Å². The van der Waals surface area contributed by atoms with Gasteiger partial charge in [-0.2, -0.15) is 30.0 Å². The Balaban J connectivity index is 1.91. The van der Waals surface area contributed by atoms with Crippen LogP contribution in [0.2, 0.25) is 0 Å². The number of fused-ring (bicyclic) bond motifs is 1. The minimum Gasteiger partial charge on any atom is -0.478 e. The van der Waals surface area contributed by atoms with E-state index < -0.39 is 18.8 Å². The van der Waals surface area contributed by atoms with E-state index in [1.165, 1.54) is 0 Å². The van der Waals surface area contributed by atoms with Gasteiger partial charge >= 0.3 is 6.18 Å². The minimum absolute atomic E-state index is 0.217. The maximum absolute atomic E-state index is 12.9. The van der Waals surface area contributed by atoms with Gasteiger partial charge in [0, 0.05) is 19.2 Å². The van der Waals surface area contributed by atoms with Crippen molar-refractivity contribution in [1.29, 1.82) is 0 Å². The van der Waals surface area contributed by atoms with Crippen LogP contribution >= 0.6 is 11.8 Å². The first-order valence-corrected chi connectivity index (χ1v) is 9.23. The zero-order valence-electron chi connectivity index (χ0n) is 14.0. The van der Waals surface area contributed by atoms with Crippen LogP contribution in [0.3, 0.4) is 0 Å². The number of thioether (sulfide) groups is 1. The fourth-order valence-electron chi connectivity index (χ4n) is 2.77. The number of para-hydroxylation sites is 2. The summed E-state index contributed by atoms with van der Waals surface area (Å²) in [6.07, 6.45) is -2.50. The molecule has 1 aromatic carbocycles. The van der Waals surface area contributed by atoms with Crippen molar-refractivity contribution in [2.45, 2.75) is 25.2 Å². The lowest BCUT2D eigenvalue weighted by Crippen LogP contribution is -2.34. The number of ether oxygens (including phenoxy) is 1. The standard InChI is InChI=1S/C16H19F3N4OS/c1-22-9-13(24-12-6-4-3-5-11(12)22)15-20-14(7-8-25-2)21-23(15)10-16(17,18)19/h3-6,13H,7-10H2,1-2H3. The topological polar surface area (TPSA) is 43.2 Å². The molecule has 1 aliphatic rings. The van der Waals surface area contributed by atoms with E-state index in [0.29, 0.717) is 24.5 Å².